The summed E-state index contributed by atoms with van der Waals surface area (Å²) in [5.74, 6) is 1.52. The highest BCUT2D eigenvalue weighted by atomic mass is 16.5. The van der Waals surface area contributed by atoms with Crippen LogP contribution in [0, 0.1) is 5.92 Å². The van der Waals surface area contributed by atoms with Crippen LogP contribution in [-0.4, -0.2) is 56.1 Å². The second kappa shape index (κ2) is 11.9. The molecule has 0 amide bonds. The van der Waals surface area contributed by atoms with Gasteiger partial charge in [0.25, 0.3) is 0 Å². The summed E-state index contributed by atoms with van der Waals surface area (Å²) in [6.07, 6.45) is 1.79. The summed E-state index contributed by atoms with van der Waals surface area (Å²) >= 11 is 0. The number of nitrogens with one attached hydrogen (secondary N) is 1. The van der Waals surface area contributed by atoms with Gasteiger partial charge in [-0.1, -0.05) is 42.5 Å². The summed E-state index contributed by atoms with van der Waals surface area (Å²) in [6, 6.07) is 18.4. The number of likely N-dealkylation sites (N-methyl/N-ethyl adjacent to an activating group) is 1. The summed E-state index contributed by atoms with van der Waals surface area (Å²) in [7, 11) is 2.01. The molecule has 29 heavy (non-hydrogen) atoms. The van der Waals surface area contributed by atoms with E-state index in [0.29, 0.717) is 13.2 Å². The Morgan fingerprint density at radius 3 is 2.52 bits per heavy atom. The molecule has 0 aromatic heterocycles. The molecule has 1 fully saturated rings. The van der Waals surface area contributed by atoms with E-state index < -0.39 is 6.10 Å². The molecule has 2 N–H and O–H groups in total. The molecule has 1 aliphatic rings. The minimum absolute atomic E-state index is 0.292. The molecule has 5 nitrogen and oxygen atoms in total. The van der Waals surface area contributed by atoms with Crippen molar-refractivity contribution in [3.8, 4) is 5.75 Å². The quantitative estimate of drug-likeness (QED) is 0.609. The van der Waals surface area contributed by atoms with Crippen LogP contribution in [0.3, 0.4) is 0 Å². The van der Waals surface area contributed by atoms with Gasteiger partial charge in [-0.25, -0.2) is 0 Å². The van der Waals surface area contributed by atoms with Gasteiger partial charge in [-0.3, -0.25) is 4.90 Å². The van der Waals surface area contributed by atoms with Crippen molar-refractivity contribution < 1.29 is 14.6 Å². The van der Waals surface area contributed by atoms with Crippen molar-refractivity contribution in [2.75, 3.05) is 40.0 Å². The zero-order valence-electron chi connectivity index (χ0n) is 17.4. The zero-order valence-corrected chi connectivity index (χ0v) is 17.4. The number of nitrogens with zero attached hydrogens (tertiary/aromatic N) is 1. The van der Waals surface area contributed by atoms with Crippen LogP contribution in [-0.2, 0) is 17.8 Å². The van der Waals surface area contributed by atoms with E-state index in [-0.39, 0.29) is 0 Å². The monoisotopic (exact) mass is 398 g/mol. The van der Waals surface area contributed by atoms with Crippen LogP contribution in [0.1, 0.15) is 24.0 Å². The highest BCUT2D eigenvalue weighted by Gasteiger charge is 2.13. The molecule has 0 aliphatic carbocycles. The van der Waals surface area contributed by atoms with E-state index in [0.717, 1.165) is 57.4 Å². The Labute approximate surface area is 174 Å². The molecule has 0 radical (unpaired) electrons. The van der Waals surface area contributed by atoms with Crippen molar-refractivity contribution in [1.29, 1.82) is 0 Å². The first-order valence-corrected chi connectivity index (χ1v) is 10.6. The lowest BCUT2D eigenvalue weighted by molar-refractivity contribution is 0.0662. The third-order valence-corrected chi connectivity index (χ3v) is 5.29. The first-order valence-electron chi connectivity index (χ1n) is 10.6. The fourth-order valence-electron chi connectivity index (χ4n) is 3.64. The first kappa shape index (κ1) is 21.8. The smallest absolute Gasteiger partial charge is 0.119 e. The van der Waals surface area contributed by atoms with Crippen LogP contribution >= 0.6 is 0 Å². The summed E-state index contributed by atoms with van der Waals surface area (Å²) in [6.45, 7) is 5.38. The lowest BCUT2D eigenvalue weighted by atomic mass is 10.0. The molecule has 0 unspecified atom stereocenters. The van der Waals surface area contributed by atoms with Crippen LogP contribution in [0.15, 0.2) is 54.6 Å². The number of aliphatic hydroxyl groups excluding tert-OH is 1. The Morgan fingerprint density at radius 2 is 1.79 bits per heavy atom. The minimum Gasteiger partial charge on any atom is -0.491 e. The Balaban J connectivity index is 1.32. The van der Waals surface area contributed by atoms with E-state index in [4.69, 9.17) is 9.47 Å². The number of aliphatic hydroxyl groups is 1. The topological polar surface area (TPSA) is 54.0 Å². The molecule has 5 heteroatoms. The van der Waals surface area contributed by atoms with Crippen molar-refractivity contribution in [3.05, 3.63) is 65.7 Å². The molecule has 2 aromatic rings. The summed E-state index contributed by atoms with van der Waals surface area (Å²) in [5.41, 5.74) is 2.48. The molecule has 158 valence electrons. The summed E-state index contributed by atoms with van der Waals surface area (Å²) in [5, 5.41) is 13.8. The fraction of sp³-hybridized carbons (Fsp3) is 0.500. The number of benzene rings is 2. The van der Waals surface area contributed by atoms with E-state index in [2.05, 4.69) is 34.5 Å². The number of ether oxygens (including phenoxy) is 2. The Bertz CT molecular complexity index is 687. The molecule has 0 saturated carbocycles. The molecule has 0 bridgehead atoms. The SMILES string of the molecule is CN(Cc1ccccc1)C[C@@H](O)COc1ccc(CNCC2CCOCC2)cc1. The second-order valence-corrected chi connectivity index (χ2v) is 7.98. The second-order valence-electron chi connectivity index (χ2n) is 7.98. The molecule has 1 atom stereocenters. The highest BCUT2D eigenvalue weighted by Crippen LogP contribution is 2.15. The van der Waals surface area contributed by atoms with Crippen LogP contribution < -0.4 is 10.1 Å². The Morgan fingerprint density at radius 1 is 1.07 bits per heavy atom. The van der Waals surface area contributed by atoms with Gasteiger partial charge in [0.05, 0.1) is 0 Å². The average Bonchev–Trinajstić information content (AvgIpc) is 2.74. The van der Waals surface area contributed by atoms with E-state index in [1.807, 2.05) is 37.4 Å². The van der Waals surface area contributed by atoms with Gasteiger partial charge in [0.1, 0.15) is 18.5 Å². The van der Waals surface area contributed by atoms with Gasteiger partial charge in [0.2, 0.25) is 0 Å². The van der Waals surface area contributed by atoms with Gasteiger partial charge in [-0.2, -0.15) is 0 Å². The Kier molecular flexibility index (Phi) is 8.96. The standard InChI is InChI=1S/C24H34N2O3/c1-26(17-22-5-3-2-4-6-22)18-23(27)19-29-24-9-7-20(8-10-24)15-25-16-21-11-13-28-14-12-21/h2-10,21,23,25,27H,11-19H2,1H3/t23-/m1/s1. The van der Waals surface area contributed by atoms with Crippen LogP contribution in [0.2, 0.25) is 0 Å². The maximum absolute atomic E-state index is 10.3. The van der Waals surface area contributed by atoms with Crippen molar-refractivity contribution in [3.63, 3.8) is 0 Å². The summed E-state index contributed by atoms with van der Waals surface area (Å²) < 4.78 is 11.2. The molecule has 1 saturated heterocycles. The van der Waals surface area contributed by atoms with Gasteiger partial charge in [-0.15, -0.1) is 0 Å². The predicted octanol–water partition coefficient (Wildman–Crippen LogP) is 3.07. The average molecular weight is 399 g/mol. The lowest BCUT2D eigenvalue weighted by Crippen LogP contribution is -2.32. The molecular weight excluding hydrogens is 364 g/mol. The van der Waals surface area contributed by atoms with Crippen LogP contribution in [0.4, 0.5) is 0 Å². The van der Waals surface area contributed by atoms with Gasteiger partial charge < -0.3 is 19.9 Å². The van der Waals surface area contributed by atoms with Crippen molar-refractivity contribution in [1.82, 2.24) is 10.2 Å². The van der Waals surface area contributed by atoms with Crippen LogP contribution in [0.5, 0.6) is 5.75 Å². The predicted molar refractivity (Wildman–Crippen MR) is 116 cm³/mol. The molecule has 3 rings (SSSR count). The highest BCUT2D eigenvalue weighted by molar-refractivity contribution is 5.27. The number of hydrogen-bond donors (Lipinski definition) is 2. The minimum atomic E-state index is -0.524. The fourth-order valence-corrected chi connectivity index (χ4v) is 3.64. The number of rotatable bonds is 11. The normalized spacial score (nSPS) is 16.1. The maximum Gasteiger partial charge on any atom is 0.119 e. The number of hydrogen-bond acceptors (Lipinski definition) is 5. The van der Waals surface area contributed by atoms with Crippen LogP contribution in [0.25, 0.3) is 0 Å². The van der Waals surface area contributed by atoms with E-state index in [9.17, 15) is 5.11 Å². The lowest BCUT2D eigenvalue weighted by Gasteiger charge is -2.22. The Hall–Kier alpha value is -1.92. The molecule has 0 spiro atoms. The van der Waals surface area contributed by atoms with E-state index in [1.165, 1.54) is 11.1 Å². The van der Waals surface area contributed by atoms with Crippen molar-refractivity contribution in [2.24, 2.45) is 5.92 Å². The molecule has 1 heterocycles. The molecule has 1 aliphatic heterocycles. The van der Waals surface area contributed by atoms with Gasteiger partial charge in [0, 0.05) is 32.8 Å². The summed E-state index contributed by atoms with van der Waals surface area (Å²) in [4.78, 5) is 2.11. The van der Waals surface area contributed by atoms with Gasteiger partial charge >= 0.3 is 0 Å². The molecular formula is C24H34N2O3. The largest absolute Gasteiger partial charge is 0.491 e. The van der Waals surface area contributed by atoms with Gasteiger partial charge in [0.15, 0.2) is 0 Å². The molecule has 2 aromatic carbocycles. The maximum atomic E-state index is 10.3. The first-order chi connectivity index (χ1) is 14.2. The zero-order chi connectivity index (χ0) is 20.3. The van der Waals surface area contributed by atoms with E-state index >= 15 is 0 Å². The van der Waals surface area contributed by atoms with E-state index in [1.54, 1.807) is 0 Å². The third kappa shape index (κ3) is 8.15. The third-order valence-electron chi connectivity index (χ3n) is 5.29. The van der Waals surface area contributed by atoms with Gasteiger partial charge in [-0.05, 0) is 55.6 Å². The van der Waals surface area contributed by atoms with Crippen molar-refractivity contribution >= 4 is 0 Å². The van der Waals surface area contributed by atoms with Crippen molar-refractivity contribution in [2.45, 2.75) is 32.0 Å².